The van der Waals surface area contributed by atoms with Gasteiger partial charge in [0.2, 0.25) is 5.88 Å². The molecule has 2 N–H and O–H groups in total. The third kappa shape index (κ3) is 2.24. The van der Waals surface area contributed by atoms with Crippen LogP contribution in [0.15, 0.2) is 12.1 Å². The quantitative estimate of drug-likeness (QED) is 0.800. The maximum Gasteiger partial charge on any atom is 0.217 e. The van der Waals surface area contributed by atoms with Crippen LogP contribution in [0.25, 0.3) is 0 Å². The Bertz CT molecular complexity index is 364. The first-order valence-electron chi connectivity index (χ1n) is 5.09. The van der Waals surface area contributed by atoms with E-state index >= 15 is 0 Å². The molecule has 1 aromatic heterocycles. The highest BCUT2D eigenvalue weighted by atomic mass is 35.5. The summed E-state index contributed by atoms with van der Waals surface area (Å²) in [6.07, 6.45) is 3.35. The Morgan fingerprint density at radius 2 is 2.27 bits per heavy atom. The first-order valence-corrected chi connectivity index (χ1v) is 5.46. The van der Waals surface area contributed by atoms with Gasteiger partial charge in [0.15, 0.2) is 0 Å². The minimum Gasteiger partial charge on any atom is -0.481 e. The van der Waals surface area contributed by atoms with Gasteiger partial charge in [0.1, 0.15) is 5.15 Å². The summed E-state index contributed by atoms with van der Waals surface area (Å²) in [5.74, 6) is 0.627. The highest BCUT2D eigenvalue weighted by Gasteiger charge is 2.41. The van der Waals surface area contributed by atoms with Crippen LogP contribution in [0.2, 0.25) is 5.15 Å². The normalized spacial score (nSPS) is 17.5. The van der Waals surface area contributed by atoms with Crippen LogP contribution < -0.4 is 10.5 Å². The number of rotatable bonds is 4. The van der Waals surface area contributed by atoms with E-state index < -0.39 is 0 Å². The lowest BCUT2D eigenvalue weighted by atomic mass is 9.97. The van der Waals surface area contributed by atoms with E-state index in [0.29, 0.717) is 16.4 Å². The Hall–Kier alpha value is -0.800. The minimum atomic E-state index is 0.294. The van der Waals surface area contributed by atoms with Gasteiger partial charge >= 0.3 is 0 Å². The van der Waals surface area contributed by atoms with Crippen LogP contribution in [0.4, 0.5) is 0 Å². The standard InChI is InChI=1S/C11H15ClN2O/c1-15-10-8(2-3-9(12)14-10)6-11(7-13)4-5-11/h2-3H,4-7,13H2,1H3. The largest absolute Gasteiger partial charge is 0.481 e. The Morgan fingerprint density at radius 3 is 2.80 bits per heavy atom. The molecular weight excluding hydrogens is 212 g/mol. The van der Waals surface area contributed by atoms with Gasteiger partial charge in [0, 0.05) is 5.56 Å². The number of hydrogen-bond donors (Lipinski definition) is 1. The highest BCUT2D eigenvalue weighted by molar-refractivity contribution is 6.29. The lowest BCUT2D eigenvalue weighted by Gasteiger charge is -2.14. The van der Waals surface area contributed by atoms with Crippen molar-refractivity contribution in [1.82, 2.24) is 4.98 Å². The first-order chi connectivity index (χ1) is 7.19. The van der Waals surface area contributed by atoms with Crippen molar-refractivity contribution in [3.8, 4) is 5.88 Å². The third-order valence-corrected chi connectivity index (χ3v) is 3.26. The van der Waals surface area contributed by atoms with Gasteiger partial charge in [-0.1, -0.05) is 17.7 Å². The second-order valence-corrected chi connectivity index (χ2v) is 4.57. The van der Waals surface area contributed by atoms with Crippen LogP contribution in [-0.4, -0.2) is 18.6 Å². The molecule has 0 aliphatic heterocycles. The molecule has 15 heavy (non-hydrogen) atoms. The van der Waals surface area contributed by atoms with E-state index in [1.807, 2.05) is 6.07 Å². The number of hydrogen-bond acceptors (Lipinski definition) is 3. The summed E-state index contributed by atoms with van der Waals surface area (Å²) in [5.41, 5.74) is 7.15. The summed E-state index contributed by atoms with van der Waals surface area (Å²) in [6.45, 7) is 0.735. The second-order valence-electron chi connectivity index (χ2n) is 4.18. The fourth-order valence-corrected chi connectivity index (χ4v) is 1.93. The average Bonchev–Trinajstić information content (AvgIpc) is 3.01. The molecule has 0 atom stereocenters. The van der Waals surface area contributed by atoms with E-state index in [0.717, 1.165) is 18.5 Å². The van der Waals surface area contributed by atoms with Crippen LogP contribution >= 0.6 is 11.6 Å². The molecule has 1 saturated carbocycles. The van der Waals surface area contributed by atoms with Crippen molar-refractivity contribution in [2.24, 2.45) is 11.1 Å². The molecule has 0 bridgehead atoms. The number of nitrogens with zero attached hydrogens (tertiary/aromatic N) is 1. The molecule has 0 spiro atoms. The first kappa shape index (κ1) is 10.7. The molecule has 0 radical (unpaired) electrons. The summed E-state index contributed by atoms with van der Waals surface area (Å²) in [7, 11) is 1.62. The zero-order valence-electron chi connectivity index (χ0n) is 8.79. The lowest BCUT2D eigenvalue weighted by Crippen LogP contribution is -2.18. The molecule has 82 valence electrons. The van der Waals surface area contributed by atoms with E-state index in [4.69, 9.17) is 22.1 Å². The van der Waals surface area contributed by atoms with Gasteiger partial charge in [-0.05, 0) is 37.3 Å². The molecule has 4 heteroatoms. The predicted octanol–water partition coefficient (Wildman–Crippen LogP) is 2.02. The van der Waals surface area contributed by atoms with Crippen molar-refractivity contribution < 1.29 is 4.74 Å². The molecular formula is C11H15ClN2O. The second kappa shape index (κ2) is 3.99. The summed E-state index contributed by atoms with van der Waals surface area (Å²) >= 11 is 5.80. The van der Waals surface area contributed by atoms with Crippen molar-refractivity contribution in [3.05, 3.63) is 22.8 Å². The number of nitrogens with two attached hydrogens (primary N) is 1. The van der Waals surface area contributed by atoms with Gasteiger partial charge in [-0.15, -0.1) is 0 Å². The number of ether oxygens (including phenoxy) is 1. The van der Waals surface area contributed by atoms with E-state index in [2.05, 4.69) is 4.98 Å². The SMILES string of the molecule is COc1nc(Cl)ccc1CC1(CN)CC1. The summed E-state index contributed by atoms with van der Waals surface area (Å²) in [6, 6.07) is 3.77. The molecule has 0 unspecified atom stereocenters. The zero-order valence-corrected chi connectivity index (χ0v) is 9.55. The van der Waals surface area contributed by atoms with Crippen molar-refractivity contribution >= 4 is 11.6 Å². The summed E-state index contributed by atoms with van der Waals surface area (Å²) in [4.78, 5) is 4.14. The molecule has 1 aliphatic carbocycles. The molecule has 0 amide bonds. The smallest absolute Gasteiger partial charge is 0.217 e. The van der Waals surface area contributed by atoms with Crippen molar-refractivity contribution in [2.75, 3.05) is 13.7 Å². The molecule has 1 heterocycles. The average molecular weight is 227 g/mol. The third-order valence-electron chi connectivity index (χ3n) is 3.05. The summed E-state index contributed by atoms with van der Waals surface area (Å²) in [5, 5.41) is 0.466. The molecule has 1 fully saturated rings. The van der Waals surface area contributed by atoms with Crippen molar-refractivity contribution in [1.29, 1.82) is 0 Å². The Labute approximate surface area is 94.6 Å². The van der Waals surface area contributed by atoms with Crippen molar-refractivity contribution in [3.63, 3.8) is 0 Å². The number of methoxy groups -OCH3 is 1. The predicted molar refractivity (Wildman–Crippen MR) is 60.2 cm³/mol. The van der Waals surface area contributed by atoms with E-state index in [-0.39, 0.29) is 0 Å². The molecule has 2 rings (SSSR count). The Balaban J connectivity index is 2.20. The number of pyridine rings is 1. The molecule has 1 aliphatic rings. The Kier molecular flexibility index (Phi) is 2.85. The van der Waals surface area contributed by atoms with E-state index in [1.165, 1.54) is 12.8 Å². The van der Waals surface area contributed by atoms with Crippen molar-refractivity contribution in [2.45, 2.75) is 19.3 Å². The van der Waals surface area contributed by atoms with Gasteiger partial charge in [-0.3, -0.25) is 0 Å². The maximum absolute atomic E-state index is 5.80. The van der Waals surface area contributed by atoms with Gasteiger partial charge in [-0.2, -0.15) is 0 Å². The van der Waals surface area contributed by atoms with Crippen LogP contribution in [-0.2, 0) is 6.42 Å². The maximum atomic E-state index is 5.80. The number of halogens is 1. The Morgan fingerprint density at radius 1 is 1.53 bits per heavy atom. The zero-order chi connectivity index (χ0) is 10.9. The van der Waals surface area contributed by atoms with Gasteiger partial charge in [-0.25, -0.2) is 4.98 Å². The van der Waals surface area contributed by atoms with Crippen LogP contribution in [0, 0.1) is 5.41 Å². The van der Waals surface area contributed by atoms with E-state index in [9.17, 15) is 0 Å². The molecule has 1 aromatic rings. The van der Waals surface area contributed by atoms with Crippen LogP contribution in [0.3, 0.4) is 0 Å². The summed E-state index contributed by atoms with van der Waals surface area (Å²) < 4.78 is 5.21. The highest BCUT2D eigenvalue weighted by Crippen LogP contribution is 2.48. The minimum absolute atomic E-state index is 0.294. The van der Waals surface area contributed by atoms with Gasteiger partial charge in [0.25, 0.3) is 0 Å². The molecule has 0 aromatic carbocycles. The topological polar surface area (TPSA) is 48.1 Å². The van der Waals surface area contributed by atoms with Crippen LogP contribution in [0.1, 0.15) is 18.4 Å². The van der Waals surface area contributed by atoms with Gasteiger partial charge in [0.05, 0.1) is 7.11 Å². The molecule has 0 saturated heterocycles. The lowest BCUT2D eigenvalue weighted by molar-refractivity contribution is 0.386. The van der Waals surface area contributed by atoms with Crippen LogP contribution in [0.5, 0.6) is 5.88 Å². The monoisotopic (exact) mass is 226 g/mol. The fourth-order valence-electron chi connectivity index (χ4n) is 1.79. The number of aromatic nitrogens is 1. The van der Waals surface area contributed by atoms with Gasteiger partial charge < -0.3 is 10.5 Å². The van der Waals surface area contributed by atoms with E-state index in [1.54, 1.807) is 13.2 Å². The molecule has 3 nitrogen and oxygen atoms in total. The fraction of sp³-hybridized carbons (Fsp3) is 0.545.